The van der Waals surface area contributed by atoms with Crippen molar-refractivity contribution < 1.29 is 0 Å². The lowest BCUT2D eigenvalue weighted by Gasteiger charge is -2.39. The van der Waals surface area contributed by atoms with E-state index in [-0.39, 0.29) is 0 Å². The van der Waals surface area contributed by atoms with Crippen LogP contribution in [0.25, 0.3) is 10.6 Å². The van der Waals surface area contributed by atoms with E-state index in [2.05, 4.69) is 14.9 Å². The molecular weight excluding hydrogens is 420 g/mol. The number of aromatic nitrogens is 3. The van der Waals surface area contributed by atoms with Crippen LogP contribution in [0, 0.1) is 5.41 Å². The van der Waals surface area contributed by atoms with Crippen LogP contribution in [-0.4, -0.2) is 28.0 Å². The minimum absolute atomic E-state index is 0.624. The molecule has 1 aliphatic carbocycles. The van der Waals surface area contributed by atoms with Gasteiger partial charge in [-0.15, -0.1) is 11.3 Å². The number of hydrogen-bond acceptors (Lipinski definition) is 6. The summed E-state index contributed by atoms with van der Waals surface area (Å²) in [6.07, 6.45) is 13.8. The number of thiazole rings is 1. The van der Waals surface area contributed by atoms with Gasteiger partial charge in [-0.25, -0.2) is 15.0 Å². The maximum atomic E-state index is 6.65. The van der Waals surface area contributed by atoms with E-state index in [1.807, 2.05) is 36.0 Å². The second-order valence-corrected chi connectivity index (χ2v) is 10.3. The van der Waals surface area contributed by atoms with Gasteiger partial charge < -0.3 is 4.90 Å². The van der Waals surface area contributed by atoms with Crippen molar-refractivity contribution in [2.45, 2.75) is 48.4 Å². The molecule has 1 aliphatic heterocycles. The lowest BCUT2D eigenvalue weighted by molar-refractivity contribution is 0.226. The molecule has 0 atom stereocenters. The quantitative estimate of drug-likeness (QED) is 0.457. The molecular formula is C22H23ClN4S2. The smallest absolute Gasteiger partial charge is 0.147 e. The Kier molecular flexibility index (Phi) is 5.50. The Morgan fingerprint density at radius 2 is 1.83 bits per heavy atom. The Hall–Kier alpha value is -1.63. The first-order valence-corrected chi connectivity index (χ1v) is 12.2. The summed E-state index contributed by atoms with van der Waals surface area (Å²) in [6.45, 7) is 2.20. The van der Waals surface area contributed by atoms with Crippen LogP contribution in [0.4, 0.5) is 5.82 Å². The topological polar surface area (TPSA) is 41.9 Å². The zero-order chi connectivity index (χ0) is 19.7. The van der Waals surface area contributed by atoms with E-state index in [1.165, 1.54) is 38.5 Å². The van der Waals surface area contributed by atoms with E-state index in [9.17, 15) is 0 Å². The largest absolute Gasteiger partial charge is 0.355 e. The Morgan fingerprint density at radius 3 is 2.52 bits per heavy atom. The van der Waals surface area contributed by atoms with Gasteiger partial charge in [-0.1, -0.05) is 48.3 Å². The Morgan fingerprint density at radius 1 is 1.00 bits per heavy atom. The summed E-state index contributed by atoms with van der Waals surface area (Å²) in [5.41, 5.74) is 1.59. The van der Waals surface area contributed by atoms with Crippen LogP contribution in [0.2, 0.25) is 5.02 Å². The predicted molar refractivity (Wildman–Crippen MR) is 121 cm³/mol. The van der Waals surface area contributed by atoms with Gasteiger partial charge in [0.15, 0.2) is 0 Å². The summed E-state index contributed by atoms with van der Waals surface area (Å²) in [6, 6.07) is 6.04. The molecule has 0 N–H and O–H groups in total. The molecule has 1 saturated heterocycles. The maximum absolute atomic E-state index is 6.65. The van der Waals surface area contributed by atoms with Crippen molar-refractivity contribution in [3.8, 4) is 10.6 Å². The molecule has 5 rings (SSSR count). The third kappa shape index (κ3) is 4.03. The third-order valence-electron chi connectivity index (χ3n) is 6.27. The molecule has 2 aliphatic rings. The van der Waals surface area contributed by atoms with Crippen molar-refractivity contribution >= 4 is 40.5 Å². The van der Waals surface area contributed by atoms with Crippen LogP contribution in [0.1, 0.15) is 38.5 Å². The van der Waals surface area contributed by atoms with Crippen molar-refractivity contribution in [2.24, 2.45) is 5.41 Å². The van der Waals surface area contributed by atoms with Crippen molar-refractivity contribution in [3.05, 3.63) is 47.2 Å². The minimum Gasteiger partial charge on any atom is -0.355 e. The van der Waals surface area contributed by atoms with Crippen LogP contribution in [0.3, 0.4) is 0 Å². The monoisotopic (exact) mass is 442 g/mol. The molecule has 1 saturated carbocycles. The third-order valence-corrected chi connectivity index (χ3v) is 8.57. The fraction of sp³-hybridized carbons (Fsp3) is 0.409. The molecule has 1 aromatic carbocycles. The van der Waals surface area contributed by atoms with Crippen LogP contribution in [0.5, 0.6) is 0 Å². The lowest BCUT2D eigenvalue weighted by Crippen LogP contribution is -2.39. The molecule has 2 aromatic heterocycles. The fourth-order valence-corrected chi connectivity index (χ4v) is 6.42. The van der Waals surface area contributed by atoms with E-state index in [0.717, 1.165) is 44.4 Å². The number of benzene rings is 1. The molecule has 1 spiro atoms. The SMILES string of the molecule is Clc1c(Sc2cnc(N3CCC4(CCCC4)CC3)cn2)cccc1-c1nccs1. The second kappa shape index (κ2) is 8.25. The molecule has 3 aromatic rings. The zero-order valence-electron chi connectivity index (χ0n) is 16.2. The van der Waals surface area contributed by atoms with Crippen LogP contribution in [0.15, 0.2) is 52.1 Å². The molecule has 3 heterocycles. The molecule has 0 radical (unpaired) electrons. The number of halogens is 1. The summed E-state index contributed by atoms with van der Waals surface area (Å²) in [5, 5.41) is 4.47. The molecule has 2 fully saturated rings. The summed E-state index contributed by atoms with van der Waals surface area (Å²) in [7, 11) is 0. The number of piperidine rings is 1. The Bertz CT molecular complexity index is 959. The molecule has 7 heteroatoms. The molecule has 29 heavy (non-hydrogen) atoms. The van der Waals surface area contributed by atoms with Crippen LogP contribution in [-0.2, 0) is 0 Å². The van der Waals surface area contributed by atoms with Gasteiger partial charge in [0.25, 0.3) is 0 Å². The zero-order valence-corrected chi connectivity index (χ0v) is 18.6. The number of rotatable bonds is 4. The standard InChI is InChI=1S/C22H23ClN4S2/c23-20-16(21-24-10-13-28-21)4-3-5-17(20)29-19-15-25-18(14-26-19)27-11-8-22(9-12-27)6-1-2-7-22/h3-5,10,13-15H,1-2,6-9,11-12H2. The summed E-state index contributed by atoms with van der Waals surface area (Å²) in [4.78, 5) is 17.1. The van der Waals surface area contributed by atoms with Crippen LogP contribution < -0.4 is 4.90 Å². The number of hydrogen-bond donors (Lipinski definition) is 0. The van der Waals surface area contributed by atoms with E-state index in [0.29, 0.717) is 5.41 Å². The van der Waals surface area contributed by atoms with E-state index >= 15 is 0 Å². The van der Waals surface area contributed by atoms with E-state index in [4.69, 9.17) is 16.6 Å². The van der Waals surface area contributed by atoms with Gasteiger partial charge in [0.1, 0.15) is 15.9 Å². The van der Waals surface area contributed by atoms with Crippen molar-refractivity contribution in [3.63, 3.8) is 0 Å². The van der Waals surface area contributed by atoms with E-state index in [1.54, 1.807) is 29.3 Å². The van der Waals surface area contributed by atoms with Crippen LogP contribution >= 0.6 is 34.7 Å². The highest BCUT2D eigenvalue weighted by Crippen LogP contribution is 2.46. The van der Waals surface area contributed by atoms with Crippen molar-refractivity contribution in [2.75, 3.05) is 18.0 Å². The van der Waals surface area contributed by atoms with Gasteiger partial charge in [-0.3, -0.25) is 0 Å². The molecule has 4 nitrogen and oxygen atoms in total. The van der Waals surface area contributed by atoms with Crippen molar-refractivity contribution in [1.82, 2.24) is 15.0 Å². The summed E-state index contributed by atoms with van der Waals surface area (Å²) in [5.74, 6) is 0.991. The average Bonchev–Trinajstić information content (AvgIpc) is 3.44. The highest BCUT2D eigenvalue weighted by Gasteiger charge is 2.37. The normalized spacial score (nSPS) is 18.4. The highest BCUT2D eigenvalue weighted by molar-refractivity contribution is 7.99. The average molecular weight is 443 g/mol. The first-order valence-electron chi connectivity index (χ1n) is 10.2. The van der Waals surface area contributed by atoms with E-state index < -0.39 is 0 Å². The van der Waals surface area contributed by atoms with Crippen molar-refractivity contribution in [1.29, 1.82) is 0 Å². The molecule has 0 unspecified atom stereocenters. The highest BCUT2D eigenvalue weighted by atomic mass is 35.5. The number of nitrogens with zero attached hydrogens (tertiary/aromatic N) is 4. The molecule has 0 amide bonds. The van der Waals surface area contributed by atoms with Gasteiger partial charge in [-0.2, -0.15) is 0 Å². The Balaban J connectivity index is 1.27. The first kappa shape index (κ1) is 19.3. The fourth-order valence-electron chi connectivity index (χ4n) is 4.58. The number of anilines is 1. The predicted octanol–water partition coefficient (Wildman–Crippen LogP) is 6.57. The van der Waals surface area contributed by atoms with Gasteiger partial charge >= 0.3 is 0 Å². The first-order chi connectivity index (χ1) is 14.2. The van der Waals surface area contributed by atoms with Gasteiger partial charge in [0.05, 0.1) is 17.4 Å². The van der Waals surface area contributed by atoms with Gasteiger partial charge in [-0.05, 0) is 37.2 Å². The summed E-state index contributed by atoms with van der Waals surface area (Å²) >= 11 is 9.79. The molecule has 0 bridgehead atoms. The summed E-state index contributed by atoms with van der Waals surface area (Å²) < 4.78 is 0. The maximum Gasteiger partial charge on any atom is 0.147 e. The van der Waals surface area contributed by atoms with Gasteiger partial charge in [0.2, 0.25) is 0 Å². The minimum atomic E-state index is 0.624. The lowest BCUT2D eigenvalue weighted by atomic mass is 9.77. The van der Waals surface area contributed by atoms with Gasteiger partial charge in [0, 0.05) is 35.1 Å². The second-order valence-electron chi connectivity index (χ2n) is 7.96. The molecule has 150 valence electrons. The Labute approximate surface area is 184 Å².